The van der Waals surface area contributed by atoms with Gasteiger partial charge in [-0.2, -0.15) is 0 Å². The lowest BCUT2D eigenvalue weighted by atomic mass is 10.2. The number of ether oxygens (including phenoxy) is 2. The van der Waals surface area contributed by atoms with Gasteiger partial charge in [0.1, 0.15) is 5.01 Å². The Kier molecular flexibility index (Phi) is 5.49. The van der Waals surface area contributed by atoms with Gasteiger partial charge >= 0.3 is 0 Å². The van der Waals surface area contributed by atoms with Crippen molar-refractivity contribution in [2.24, 2.45) is 0 Å². The number of fused-ring (bicyclic) bond motifs is 1. The zero-order valence-corrected chi connectivity index (χ0v) is 17.4. The van der Waals surface area contributed by atoms with E-state index in [0.29, 0.717) is 34.2 Å². The monoisotopic (exact) mass is 430 g/mol. The molecule has 1 N–H and O–H groups in total. The van der Waals surface area contributed by atoms with E-state index in [1.165, 1.54) is 23.1 Å². The van der Waals surface area contributed by atoms with Gasteiger partial charge in [-0.15, -0.1) is 27.0 Å². The molecule has 0 bridgehead atoms. The Hall–Kier alpha value is -2.92. The SMILES string of the molecule is C=CCn1c(SC(C)C(=O)Nc2nnc(C)s2)nnc1-c1ccc2c(c1)OCO2. The van der Waals surface area contributed by atoms with Gasteiger partial charge in [-0.25, -0.2) is 0 Å². The first-order chi connectivity index (χ1) is 14.0. The van der Waals surface area contributed by atoms with E-state index < -0.39 is 5.25 Å². The van der Waals surface area contributed by atoms with E-state index in [1.807, 2.05) is 29.7 Å². The molecule has 0 aliphatic carbocycles. The highest BCUT2D eigenvalue weighted by Crippen LogP contribution is 2.36. The number of anilines is 1. The van der Waals surface area contributed by atoms with Gasteiger partial charge in [0.15, 0.2) is 22.5 Å². The summed E-state index contributed by atoms with van der Waals surface area (Å²) in [7, 11) is 0. The minimum atomic E-state index is -0.406. The summed E-state index contributed by atoms with van der Waals surface area (Å²) in [5.41, 5.74) is 0.844. The molecule has 29 heavy (non-hydrogen) atoms. The van der Waals surface area contributed by atoms with Gasteiger partial charge in [-0.3, -0.25) is 14.7 Å². The molecule has 1 atom stereocenters. The van der Waals surface area contributed by atoms with Crippen molar-refractivity contribution in [3.63, 3.8) is 0 Å². The lowest BCUT2D eigenvalue weighted by Gasteiger charge is -2.12. The van der Waals surface area contributed by atoms with Gasteiger partial charge in [0.2, 0.25) is 17.8 Å². The molecular formula is C18H18N6O3S2. The quantitative estimate of drug-likeness (QED) is 0.450. The topological polar surface area (TPSA) is 104 Å². The van der Waals surface area contributed by atoms with Crippen molar-refractivity contribution >= 4 is 34.1 Å². The average molecular weight is 431 g/mol. The van der Waals surface area contributed by atoms with Gasteiger partial charge in [0.05, 0.1) is 5.25 Å². The fourth-order valence-corrected chi connectivity index (χ4v) is 4.14. The highest BCUT2D eigenvalue weighted by Gasteiger charge is 2.22. The van der Waals surface area contributed by atoms with Crippen LogP contribution in [-0.4, -0.2) is 42.9 Å². The van der Waals surface area contributed by atoms with E-state index in [1.54, 1.807) is 13.0 Å². The fourth-order valence-electron chi connectivity index (χ4n) is 2.68. The van der Waals surface area contributed by atoms with E-state index in [0.717, 1.165) is 10.6 Å². The predicted molar refractivity (Wildman–Crippen MR) is 110 cm³/mol. The number of allylic oxidation sites excluding steroid dienone is 1. The third-order valence-corrected chi connectivity index (χ3v) is 5.90. The molecule has 1 aliphatic heterocycles. The molecule has 11 heteroatoms. The van der Waals surface area contributed by atoms with Crippen LogP contribution in [0.1, 0.15) is 11.9 Å². The van der Waals surface area contributed by atoms with E-state index >= 15 is 0 Å². The first-order valence-electron chi connectivity index (χ1n) is 8.77. The zero-order valence-electron chi connectivity index (χ0n) is 15.8. The van der Waals surface area contributed by atoms with Crippen LogP contribution in [0.25, 0.3) is 11.4 Å². The van der Waals surface area contributed by atoms with Gasteiger partial charge < -0.3 is 9.47 Å². The van der Waals surface area contributed by atoms with Gasteiger partial charge in [-0.1, -0.05) is 29.2 Å². The lowest BCUT2D eigenvalue weighted by molar-refractivity contribution is -0.115. The first-order valence-corrected chi connectivity index (χ1v) is 10.5. The molecule has 0 fully saturated rings. The summed E-state index contributed by atoms with van der Waals surface area (Å²) >= 11 is 2.65. The van der Waals surface area contributed by atoms with Crippen molar-refractivity contribution in [2.45, 2.75) is 30.8 Å². The standard InChI is InChI=1S/C18H18N6O3S2/c1-4-7-24-15(12-5-6-13-14(8-12)27-9-26-13)21-23-18(24)28-10(2)16(25)19-17-22-20-11(3)29-17/h4-6,8,10H,1,7,9H2,2-3H3,(H,19,22,25). The Morgan fingerprint density at radius 3 is 2.93 bits per heavy atom. The first kappa shape index (κ1) is 19.4. The predicted octanol–water partition coefficient (Wildman–Crippen LogP) is 3.14. The number of nitrogens with one attached hydrogen (secondary N) is 1. The molecular weight excluding hydrogens is 412 g/mol. The lowest BCUT2D eigenvalue weighted by Crippen LogP contribution is -2.22. The Labute approximate surface area is 175 Å². The third-order valence-electron chi connectivity index (χ3n) is 4.07. The largest absolute Gasteiger partial charge is 0.454 e. The molecule has 1 unspecified atom stereocenters. The number of nitrogens with zero attached hydrogens (tertiary/aromatic N) is 5. The van der Waals surface area contributed by atoms with Crippen molar-refractivity contribution in [1.29, 1.82) is 0 Å². The summed E-state index contributed by atoms with van der Waals surface area (Å²) < 4.78 is 12.7. The minimum Gasteiger partial charge on any atom is -0.454 e. The number of thioether (sulfide) groups is 1. The summed E-state index contributed by atoms with van der Waals surface area (Å²) in [6, 6.07) is 5.62. The summed E-state index contributed by atoms with van der Waals surface area (Å²) in [6.07, 6.45) is 1.76. The van der Waals surface area contributed by atoms with Crippen molar-refractivity contribution < 1.29 is 14.3 Å². The highest BCUT2D eigenvalue weighted by molar-refractivity contribution is 8.00. The van der Waals surface area contributed by atoms with Crippen LogP contribution in [0.15, 0.2) is 36.0 Å². The smallest absolute Gasteiger partial charge is 0.239 e. The number of aryl methyl sites for hydroxylation is 1. The number of carbonyl (C=O) groups is 1. The number of carbonyl (C=O) groups excluding carboxylic acids is 1. The maximum atomic E-state index is 12.5. The van der Waals surface area contributed by atoms with Gasteiger partial charge in [0.25, 0.3) is 0 Å². The molecule has 4 rings (SSSR count). The molecule has 0 radical (unpaired) electrons. The van der Waals surface area contributed by atoms with Crippen molar-refractivity contribution in [1.82, 2.24) is 25.0 Å². The second-order valence-electron chi connectivity index (χ2n) is 6.15. The van der Waals surface area contributed by atoms with Crippen molar-refractivity contribution in [3.8, 4) is 22.9 Å². The average Bonchev–Trinajstić information content (AvgIpc) is 3.42. The van der Waals surface area contributed by atoms with E-state index in [-0.39, 0.29) is 12.7 Å². The molecule has 3 aromatic rings. The maximum Gasteiger partial charge on any atom is 0.239 e. The Bertz CT molecular complexity index is 1060. The summed E-state index contributed by atoms with van der Waals surface area (Å²) in [5, 5.41) is 20.7. The number of amides is 1. The molecule has 150 valence electrons. The zero-order chi connectivity index (χ0) is 20.4. The molecule has 1 aromatic carbocycles. The number of hydrogen-bond acceptors (Lipinski definition) is 9. The molecule has 3 heterocycles. The van der Waals surface area contributed by atoms with Crippen molar-refractivity contribution in [3.05, 3.63) is 35.9 Å². The number of hydrogen-bond donors (Lipinski definition) is 1. The van der Waals surface area contributed by atoms with Crippen LogP contribution < -0.4 is 14.8 Å². The van der Waals surface area contributed by atoms with Crippen LogP contribution in [0.5, 0.6) is 11.5 Å². The molecule has 0 saturated carbocycles. The van der Waals surface area contributed by atoms with E-state index in [4.69, 9.17) is 9.47 Å². The molecule has 1 aliphatic rings. The normalized spacial score (nSPS) is 13.3. The van der Waals surface area contributed by atoms with Gasteiger partial charge in [0, 0.05) is 12.1 Å². The maximum absolute atomic E-state index is 12.5. The molecule has 0 saturated heterocycles. The van der Waals surface area contributed by atoms with E-state index in [2.05, 4.69) is 32.3 Å². The second kappa shape index (κ2) is 8.21. The molecule has 9 nitrogen and oxygen atoms in total. The van der Waals surface area contributed by atoms with Crippen LogP contribution in [0.4, 0.5) is 5.13 Å². The fraction of sp³-hybridized carbons (Fsp3) is 0.278. The summed E-state index contributed by atoms with van der Waals surface area (Å²) in [6.45, 7) is 8.17. The van der Waals surface area contributed by atoms with Crippen LogP contribution in [0.3, 0.4) is 0 Å². The Balaban J connectivity index is 1.54. The third kappa shape index (κ3) is 4.10. The van der Waals surface area contributed by atoms with Crippen LogP contribution >= 0.6 is 23.1 Å². The summed E-state index contributed by atoms with van der Waals surface area (Å²) in [4.78, 5) is 12.5. The molecule has 0 spiro atoms. The Morgan fingerprint density at radius 1 is 1.34 bits per heavy atom. The van der Waals surface area contributed by atoms with Gasteiger partial charge in [-0.05, 0) is 32.0 Å². The highest BCUT2D eigenvalue weighted by atomic mass is 32.2. The summed E-state index contributed by atoms with van der Waals surface area (Å²) in [5.74, 6) is 1.86. The number of aromatic nitrogens is 5. The number of rotatable bonds is 7. The number of benzene rings is 1. The minimum absolute atomic E-state index is 0.177. The second-order valence-corrected chi connectivity index (χ2v) is 8.64. The molecule has 2 aromatic heterocycles. The van der Waals surface area contributed by atoms with Crippen LogP contribution in [0, 0.1) is 6.92 Å². The van der Waals surface area contributed by atoms with Crippen LogP contribution in [0.2, 0.25) is 0 Å². The van der Waals surface area contributed by atoms with E-state index in [9.17, 15) is 4.79 Å². The Morgan fingerprint density at radius 2 is 2.17 bits per heavy atom. The molecule has 1 amide bonds. The van der Waals surface area contributed by atoms with Crippen LogP contribution in [-0.2, 0) is 11.3 Å². The van der Waals surface area contributed by atoms with Crippen molar-refractivity contribution in [2.75, 3.05) is 12.1 Å².